The van der Waals surface area contributed by atoms with Crippen LogP contribution in [0.2, 0.25) is 10.0 Å². The smallest absolute Gasteiger partial charge is 0.173 e. The zero-order chi connectivity index (χ0) is 11.7. The number of halogens is 2. The Kier molecular flexibility index (Phi) is 3.09. The van der Waals surface area contributed by atoms with E-state index in [0.717, 1.165) is 0 Å². The van der Waals surface area contributed by atoms with Crippen molar-refractivity contribution < 1.29 is 0 Å². The van der Waals surface area contributed by atoms with Gasteiger partial charge in [-0.05, 0) is 35.5 Å². The lowest BCUT2D eigenvalue weighted by molar-refractivity contribution is 0.688. The van der Waals surface area contributed by atoms with E-state index in [2.05, 4.69) is 15.5 Å². The van der Waals surface area contributed by atoms with Gasteiger partial charge in [-0.25, -0.2) is 0 Å². The van der Waals surface area contributed by atoms with E-state index in [1.165, 1.54) is 4.68 Å². The average Bonchev–Trinajstić information content (AvgIpc) is 2.70. The second-order valence-corrected chi connectivity index (χ2v) is 4.18. The van der Waals surface area contributed by atoms with Crippen molar-refractivity contribution in [3.05, 3.63) is 34.1 Å². The molecule has 0 bridgehead atoms. The first-order chi connectivity index (χ1) is 7.59. The van der Waals surface area contributed by atoms with Crippen LogP contribution in [-0.4, -0.2) is 20.2 Å². The molecule has 0 saturated carbocycles. The molecule has 2 aromatic rings. The van der Waals surface area contributed by atoms with E-state index < -0.39 is 0 Å². The Balaban J connectivity index is 2.58. The number of hydrogen-bond acceptors (Lipinski definition) is 4. The summed E-state index contributed by atoms with van der Waals surface area (Å²) in [7, 11) is 0. The SMILES string of the molecule is CC(N)c1nnnn1-c1cc(Cl)ccc1Cl. The molecule has 0 aliphatic heterocycles. The van der Waals surface area contributed by atoms with Gasteiger partial charge in [0.05, 0.1) is 16.8 Å². The first kappa shape index (κ1) is 11.3. The van der Waals surface area contributed by atoms with Gasteiger partial charge in [-0.15, -0.1) is 5.10 Å². The van der Waals surface area contributed by atoms with Crippen LogP contribution in [-0.2, 0) is 0 Å². The fraction of sp³-hybridized carbons (Fsp3) is 0.222. The van der Waals surface area contributed by atoms with E-state index in [4.69, 9.17) is 28.9 Å². The molecule has 2 N–H and O–H groups in total. The lowest BCUT2D eigenvalue weighted by atomic mass is 10.3. The molecule has 2 rings (SSSR count). The molecular formula is C9H9Cl2N5. The minimum atomic E-state index is -0.287. The molecule has 1 aromatic carbocycles. The van der Waals surface area contributed by atoms with Crippen LogP contribution in [0, 0.1) is 0 Å². The van der Waals surface area contributed by atoms with E-state index in [1.54, 1.807) is 25.1 Å². The highest BCUT2D eigenvalue weighted by Gasteiger charge is 2.14. The second kappa shape index (κ2) is 4.37. The minimum absolute atomic E-state index is 0.287. The number of nitrogens with two attached hydrogens (primary N) is 1. The number of aromatic nitrogens is 4. The highest BCUT2D eigenvalue weighted by Crippen LogP contribution is 2.25. The summed E-state index contributed by atoms with van der Waals surface area (Å²) in [6.45, 7) is 1.79. The molecule has 1 unspecified atom stereocenters. The van der Waals surface area contributed by atoms with Gasteiger partial charge in [0.15, 0.2) is 5.82 Å². The quantitative estimate of drug-likeness (QED) is 0.894. The van der Waals surface area contributed by atoms with Crippen LogP contribution in [0.5, 0.6) is 0 Å². The summed E-state index contributed by atoms with van der Waals surface area (Å²) in [4.78, 5) is 0. The van der Waals surface area contributed by atoms with Crippen molar-refractivity contribution in [1.29, 1.82) is 0 Å². The standard InChI is InChI=1S/C9H9Cl2N5/c1-5(12)9-13-14-15-16(9)8-4-6(10)2-3-7(8)11/h2-5H,12H2,1H3. The lowest BCUT2D eigenvalue weighted by Crippen LogP contribution is -2.13. The van der Waals surface area contributed by atoms with Crippen LogP contribution < -0.4 is 5.73 Å². The predicted molar refractivity (Wildman–Crippen MR) is 61.8 cm³/mol. The van der Waals surface area contributed by atoms with E-state index in [-0.39, 0.29) is 6.04 Å². The summed E-state index contributed by atoms with van der Waals surface area (Å²) in [6, 6.07) is 4.78. The molecule has 1 aromatic heterocycles. The Morgan fingerprint density at radius 3 is 2.81 bits per heavy atom. The van der Waals surface area contributed by atoms with Gasteiger partial charge in [0.1, 0.15) is 0 Å². The van der Waals surface area contributed by atoms with Gasteiger partial charge in [-0.1, -0.05) is 23.2 Å². The molecule has 0 amide bonds. The maximum absolute atomic E-state index is 6.05. The lowest BCUT2D eigenvalue weighted by Gasteiger charge is -2.08. The largest absolute Gasteiger partial charge is 0.321 e. The third kappa shape index (κ3) is 2.02. The van der Waals surface area contributed by atoms with E-state index in [9.17, 15) is 0 Å². The summed E-state index contributed by atoms with van der Waals surface area (Å²) in [5.41, 5.74) is 6.36. The molecule has 84 valence electrons. The highest BCUT2D eigenvalue weighted by atomic mass is 35.5. The molecule has 7 heteroatoms. The Morgan fingerprint density at radius 1 is 1.38 bits per heavy atom. The molecule has 0 saturated heterocycles. The highest BCUT2D eigenvalue weighted by molar-refractivity contribution is 6.34. The summed E-state index contributed by atoms with van der Waals surface area (Å²) >= 11 is 11.9. The van der Waals surface area contributed by atoms with Crippen LogP contribution in [0.4, 0.5) is 0 Å². The number of nitrogens with zero attached hydrogens (tertiary/aromatic N) is 4. The molecule has 0 fully saturated rings. The Bertz CT molecular complexity index is 508. The van der Waals surface area contributed by atoms with Crippen molar-refractivity contribution in [3.63, 3.8) is 0 Å². The minimum Gasteiger partial charge on any atom is -0.321 e. The second-order valence-electron chi connectivity index (χ2n) is 3.33. The molecule has 0 radical (unpaired) electrons. The van der Waals surface area contributed by atoms with E-state index >= 15 is 0 Å². The summed E-state index contributed by atoms with van der Waals surface area (Å²) < 4.78 is 1.48. The molecule has 5 nitrogen and oxygen atoms in total. The Morgan fingerprint density at radius 2 is 2.12 bits per heavy atom. The van der Waals surface area contributed by atoms with Gasteiger partial charge in [0.25, 0.3) is 0 Å². The molecule has 0 aliphatic carbocycles. The number of benzene rings is 1. The topological polar surface area (TPSA) is 69.6 Å². The van der Waals surface area contributed by atoms with Crippen molar-refractivity contribution >= 4 is 23.2 Å². The van der Waals surface area contributed by atoms with Gasteiger partial charge in [-0.2, -0.15) is 4.68 Å². The van der Waals surface area contributed by atoms with Gasteiger partial charge in [-0.3, -0.25) is 0 Å². The molecule has 16 heavy (non-hydrogen) atoms. The first-order valence-corrected chi connectivity index (χ1v) is 5.34. The summed E-state index contributed by atoms with van der Waals surface area (Å²) in [5, 5.41) is 12.3. The van der Waals surface area contributed by atoms with Crippen molar-refractivity contribution in [2.24, 2.45) is 5.73 Å². The van der Waals surface area contributed by atoms with Gasteiger partial charge in [0, 0.05) is 5.02 Å². The zero-order valence-corrected chi connectivity index (χ0v) is 9.94. The number of tetrazole rings is 1. The number of hydrogen-bond donors (Lipinski definition) is 1. The average molecular weight is 258 g/mol. The third-order valence-electron chi connectivity index (χ3n) is 2.04. The van der Waals surface area contributed by atoms with Crippen LogP contribution in [0.15, 0.2) is 18.2 Å². The maximum atomic E-state index is 6.05. The predicted octanol–water partition coefficient (Wildman–Crippen LogP) is 1.99. The van der Waals surface area contributed by atoms with Crippen molar-refractivity contribution in [2.45, 2.75) is 13.0 Å². The van der Waals surface area contributed by atoms with Crippen LogP contribution in [0.1, 0.15) is 18.8 Å². The number of rotatable bonds is 2. The van der Waals surface area contributed by atoms with E-state index in [0.29, 0.717) is 21.6 Å². The zero-order valence-electron chi connectivity index (χ0n) is 8.43. The van der Waals surface area contributed by atoms with Crippen molar-refractivity contribution in [1.82, 2.24) is 20.2 Å². The van der Waals surface area contributed by atoms with Gasteiger partial charge in [0.2, 0.25) is 0 Å². The van der Waals surface area contributed by atoms with Gasteiger partial charge < -0.3 is 5.73 Å². The van der Waals surface area contributed by atoms with Crippen molar-refractivity contribution in [2.75, 3.05) is 0 Å². The molecule has 0 spiro atoms. The van der Waals surface area contributed by atoms with Crippen LogP contribution in [0.25, 0.3) is 5.69 Å². The maximum Gasteiger partial charge on any atom is 0.173 e. The molecule has 1 atom stereocenters. The molecular weight excluding hydrogens is 249 g/mol. The Hall–Kier alpha value is -1.17. The van der Waals surface area contributed by atoms with Crippen LogP contribution >= 0.6 is 23.2 Å². The fourth-order valence-corrected chi connectivity index (χ4v) is 1.66. The summed E-state index contributed by atoms with van der Waals surface area (Å²) in [6.07, 6.45) is 0. The monoisotopic (exact) mass is 257 g/mol. The molecule has 0 aliphatic rings. The van der Waals surface area contributed by atoms with E-state index in [1.807, 2.05) is 0 Å². The first-order valence-electron chi connectivity index (χ1n) is 4.59. The van der Waals surface area contributed by atoms with Gasteiger partial charge >= 0.3 is 0 Å². The van der Waals surface area contributed by atoms with Crippen molar-refractivity contribution in [3.8, 4) is 5.69 Å². The van der Waals surface area contributed by atoms with Crippen LogP contribution in [0.3, 0.4) is 0 Å². The molecule has 1 heterocycles. The normalized spacial score (nSPS) is 12.8. The third-order valence-corrected chi connectivity index (χ3v) is 2.59. The summed E-state index contributed by atoms with van der Waals surface area (Å²) in [5.74, 6) is 0.532. The Labute approximate surface area is 102 Å². The fourth-order valence-electron chi connectivity index (χ4n) is 1.30.